The third kappa shape index (κ3) is 3.44. The van der Waals surface area contributed by atoms with Crippen LogP contribution in [0.2, 0.25) is 0 Å². The van der Waals surface area contributed by atoms with E-state index in [1.165, 1.54) is 11.2 Å². The summed E-state index contributed by atoms with van der Waals surface area (Å²) < 4.78 is 33.8. The van der Waals surface area contributed by atoms with Crippen LogP contribution in [0.15, 0.2) is 41.6 Å². The summed E-state index contributed by atoms with van der Waals surface area (Å²) in [6.07, 6.45) is 5.86. The molecule has 2 atom stereocenters. The number of carbonyl (C=O) groups is 1. The minimum absolute atomic E-state index is 0.0797. The summed E-state index contributed by atoms with van der Waals surface area (Å²) in [6, 6.07) is 8.02. The van der Waals surface area contributed by atoms with Gasteiger partial charge in [0, 0.05) is 41.8 Å². The second-order valence-electron chi connectivity index (χ2n) is 8.66. The van der Waals surface area contributed by atoms with Gasteiger partial charge in [-0.25, -0.2) is 18.8 Å². The fourth-order valence-electron chi connectivity index (χ4n) is 5.19. The van der Waals surface area contributed by atoms with Crippen LogP contribution in [-0.2, 0) is 4.79 Å². The van der Waals surface area contributed by atoms with Gasteiger partial charge in [-0.05, 0) is 49.4 Å². The van der Waals surface area contributed by atoms with Crippen molar-refractivity contribution < 1.29 is 18.3 Å². The van der Waals surface area contributed by atoms with E-state index >= 15 is 0 Å². The zero-order chi connectivity index (χ0) is 21.6. The van der Waals surface area contributed by atoms with Crippen LogP contribution in [0.1, 0.15) is 42.9 Å². The smallest absolute Gasteiger partial charge is 0.246 e. The van der Waals surface area contributed by atoms with Gasteiger partial charge in [0.1, 0.15) is 17.7 Å². The van der Waals surface area contributed by atoms with Crippen molar-refractivity contribution in [3.8, 4) is 11.9 Å². The van der Waals surface area contributed by atoms with Gasteiger partial charge >= 0.3 is 0 Å². The first-order chi connectivity index (χ1) is 15.0. The van der Waals surface area contributed by atoms with E-state index in [1.807, 2.05) is 6.07 Å². The highest BCUT2D eigenvalue weighted by molar-refractivity contribution is 5.83. The molecule has 6 nitrogen and oxygen atoms in total. The molecule has 0 radical (unpaired) electrons. The molecular weight excluding hydrogens is 402 g/mol. The van der Waals surface area contributed by atoms with Crippen LogP contribution in [0.25, 0.3) is 0 Å². The maximum absolute atomic E-state index is 14.3. The van der Waals surface area contributed by atoms with Gasteiger partial charge in [0.05, 0.1) is 18.2 Å². The number of rotatable bonds is 5. The normalized spacial score (nSPS) is 28.3. The summed E-state index contributed by atoms with van der Waals surface area (Å²) in [7, 11) is 0. The molecule has 0 spiro atoms. The van der Waals surface area contributed by atoms with E-state index in [0.717, 1.165) is 31.0 Å². The summed E-state index contributed by atoms with van der Waals surface area (Å²) in [5.74, 6) is -0.706. The van der Waals surface area contributed by atoms with Crippen LogP contribution in [0.3, 0.4) is 0 Å². The maximum Gasteiger partial charge on any atom is 0.246 e. The molecule has 1 unspecified atom stereocenters. The molecule has 1 aromatic heterocycles. The predicted molar refractivity (Wildman–Crippen MR) is 107 cm³/mol. The van der Waals surface area contributed by atoms with Crippen molar-refractivity contribution in [3.63, 3.8) is 0 Å². The number of halogens is 2. The zero-order valence-corrected chi connectivity index (χ0v) is 16.7. The third-order valence-electron chi connectivity index (χ3n) is 6.69. The summed E-state index contributed by atoms with van der Waals surface area (Å²) in [5, 5.41) is 14.4. The molecule has 3 fully saturated rings. The number of ether oxygens (including phenoxy) is 1. The average molecular weight is 422 g/mol. The van der Waals surface area contributed by atoms with Gasteiger partial charge in [-0.15, -0.1) is 0 Å². The molecule has 3 aliphatic carbocycles. The van der Waals surface area contributed by atoms with Crippen LogP contribution in [0.5, 0.6) is 5.88 Å². The lowest BCUT2D eigenvalue weighted by molar-refractivity contribution is -0.138. The third-order valence-corrected chi connectivity index (χ3v) is 6.69. The number of amides is 1. The number of aromatic nitrogens is 1. The molecule has 6 rings (SSSR count). The Hall–Kier alpha value is -3.34. The highest BCUT2D eigenvalue weighted by Crippen LogP contribution is 2.62. The SMILES string of the molecule is N#Cc1ccc(OCC23CC(C2)[C@@H](C(=O)N2N=CCC2c2cc(F)ccc2F)C3)nc1. The molecule has 2 heterocycles. The van der Waals surface area contributed by atoms with Crippen LogP contribution >= 0.6 is 0 Å². The summed E-state index contributed by atoms with van der Waals surface area (Å²) in [5.41, 5.74) is 0.543. The fraction of sp³-hybridized carbons (Fsp3) is 0.391. The molecular formula is C23H20F2N4O2. The highest BCUT2D eigenvalue weighted by Gasteiger charge is 2.59. The van der Waals surface area contributed by atoms with Gasteiger partial charge in [-0.1, -0.05) is 0 Å². The minimum Gasteiger partial charge on any atom is -0.477 e. The molecule has 4 aliphatic rings. The van der Waals surface area contributed by atoms with E-state index in [0.29, 0.717) is 30.9 Å². The van der Waals surface area contributed by atoms with Crippen LogP contribution in [0.4, 0.5) is 8.78 Å². The monoisotopic (exact) mass is 422 g/mol. The maximum atomic E-state index is 14.3. The minimum atomic E-state index is -0.615. The van der Waals surface area contributed by atoms with E-state index in [2.05, 4.69) is 10.1 Å². The van der Waals surface area contributed by atoms with Crippen molar-refractivity contribution in [2.24, 2.45) is 22.4 Å². The number of nitrogens with zero attached hydrogens (tertiary/aromatic N) is 4. The molecule has 0 N–H and O–H groups in total. The zero-order valence-electron chi connectivity index (χ0n) is 16.7. The number of hydrogen-bond donors (Lipinski definition) is 0. The second-order valence-corrected chi connectivity index (χ2v) is 8.66. The molecule has 1 aliphatic heterocycles. The Balaban J connectivity index is 1.25. The lowest BCUT2D eigenvalue weighted by Crippen LogP contribution is -2.36. The molecule has 8 heteroatoms. The van der Waals surface area contributed by atoms with E-state index < -0.39 is 17.7 Å². The Morgan fingerprint density at radius 1 is 1.26 bits per heavy atom. The lowest BCUT2D eigenvalue weighted by atomic mass is 9.70. The standard InChI is InChI=1S/C23H20F2N4O2/c24-16-2-3-19(25)17(7-16)20-5-6-28-29(20)22(30)18-10-23(8-15(18)9-23)13-31-21-4-1-14(11-26)12-27-21/h1-4,6-7,12,15,18,20H,5,8-10,13H2/t15?,18-,20?,23?/m0/s1. The molecule has 2 bridgehead atoms. The Morgan fingerprint density at radius 2 is 2.10 bits per heavy atom. The van der Waals surface area contributed by atoms with Crippen LogP contribution < -0.4 is 4.74 Å². The topological polar surface area (TPSA) is 78.6 Å². The van der Waals surface area contributed by atoms with Gasteiger partial charge in [0.2, 0.25) is 11.8 Å². The molecule has 158 valence electrons. The van der Waals surface area contributed by atoms with Crippen molar-refractivity contribution in [2.75, 3.05) is 6.61 Å². The van der Waals surface area contributed by atoms with E-state index in [-0.39, 0.29) is 28.7 Å². The summed E-state index contributed by atoms with van der Waals surface area (Å²) >= 11 is 0. The van der Waals surface area contributed by atoms with E-state index in [9.17, 15) is 13.6 Å². The van der Waals surface area contributed by atoms with Gasteiger partial charge in [-0.3, -0.25) is 4.79 Å². The fourth-order valence-corrected chi connectivity index (χ4v) is 5.19. The highest BCUT2D eigenvalue weighted by atomic mass is 19.1. The number of hydrogen-bond acceptors (Lipinski definition) is 5. The van der Waals surface area contributed by atoms with Crippen molar-refractivity contribution in [2.45, 2.75) is 31.7 Å². The number of benzene rings is 1. The van der Waals surface area contributed by atoms with Crippen LogP contribution in [0, 0.1) is 40.2 Å². The molecule has 31 heavy (non-hydrogen) atoms. The predicted octanol–water partition coefficient (Wildman–Crippen LogP) is 3.99. The number of pyridine rings is 1. The molecule has 1 aromatic carbocycles. The van der Waals surface area contributed by atoms with Gasteiger partial charge in [0.15, 0.2) is 0 Å². The van der Waals surface area contributed by atoms with Gasteiger partial charge in [-0.2, -0.15) is 10.4 Å². The largest absolute Gasteiger partial charge is 0.477 e. The molecule has 3 saturated carbocycles. The number of hydrazone groups is 1. The van der Waals surface area contributed by atoms with E-state index in [1.54, 1.807) is 18.3 Å². The summed E-state index contributed by atoms with van der Waals surface area (Å²) in [4.78, 5) is 17.4. The molecule has 2 aromatic rings. The van der Waals surface area contributed by atoms with Gasteiger partial charge < -0.3 is 4.74 Å². The molecule has 1 amide bonds. The lowest BCUT2D eigenvalue weighted by Gasteiger charge is -2.38. The first-order valence-electron chi connectivity index (χ1n) is 10.3. The van der Waals surface area contributed by atoms with Crippen molar-refractivity contribution in [1.29, 1.82) is 5.26 Å². The Morgan fingerprint density at radius 3 is 2.84 bits per heavy atom. The van der Waals surface area contributed by atoms with Crippen molar-refractivity contribution in [3.05, 3.63) is 59.3 Å². The van der Waals surface area contributed by atoms with E-state index in [4.69, 9.17) is 10.00 Å². The average Bonchev–Trinajstić information content (AvgIpc) is 3.47. The van der Waals surface area contributed by atoms with Crippen molar-refractivity contribution in [1.82, 2.24) is 9.99 Å². The number of nitriles is 1. The van der Waals surface area contributed by atoms with Crippen LogP contribution in [-0.4, -0.2) is 28.7 Å². The first kappa shape index (κ1) is 19.6. The molecule has 0 saturated heterocycles. The number of fused-ring (bicyclic) bond motifs is 1. The first-order valence-corrected chi connectivity index (χ1v) is 10.3. The Kier molecular flexibility index (Phi) is 4.69. The van der Waals surface area contributed by atoms with Gasteiger partial charge in [0.25, 0.3) is 0 Å². The summed E-state index contributed by atoms with van der Waals surface area (Å²) in [6.45, 7) is 0.456. The quantitative estimate of drug-likeness (QED) is 0.730. The Bertz CT molecular complexity index is 1090. The second kappa shape index (κ2) is 7.41. The number of carbonyl (C=O) groups excluding carboxylic acids is 1. The van der Waals surface area contributed by atoms with Crippen molar-refractivity contribution >= 4 is 12.1 Å². The Labute approximate surface area is 178 Å².